The average molecular weight is 760 g/mol. The number of quaternary nitrogens is 1. The third-order valence-electron chi connectivity index (χ3n) is 8.48. The van der Waals surface area contributed by atoms with Gasteiger partial charge in [0.25, 0.3) is 0 Å². The first-order valence-corrected chi connectivity index (χ1v) is 18.0. The molecular formula is C43H59Cl2N3NaO3+. The first kappa shape index (κ1) is 47.7. The Kier molecular flexibility index (Phi) is 24.3. The molecule has 0 saturated heterocycles. The molecule has 6 rings (SSSR count). The van der Waals surface area contributed by atoms with Gasteiger partial charge >= 0.3 is 29.6 Å². The number of hydrogen-bond donors (Lipinski definition) is 4. The molecule has 0 amide bonds. The smallest absolute Gasteiger partial charge is 1.00 e. The molecule has 0 atom stereocenters. The molecule has 9 heteroatoms. The van der Waals surface area contributed by atoms with Crippen LogP contribution in [0.3, 0.4) is 0 Å². The minimum Gasteiger partial charge on any atom is -1.00 e. The number of nitrogens with two attached hydrogens (primary N) is 1. The molecule has 0 radical (unpaired) electrons. The molecule has 0 fully saturated rings. The predicted molar refractivity (Wildman–Crippen MR) is 224 cm³/mol. The third-order valence-corrected chi connectivity index (χ3v) is 9.01. The number of likely N-dealkylation sites (N-methyl/N-ethyl adjacent to an activating group) is 3. The zero-order valence-electron chi connectivity index (χ0n) is 30.9. The minimum atomic E-state index is 0. The summed E-state index contributed by atoms with van der Waals surface area (Å²) in [5.74, 6) is 1.03. The Bertz CT molecular complexity index is 1670. The number of aliphatic hydroxyl groups excluding tert-OH is 1. The fourth-order valence-electron chi connectivity index (χ4n) is 6.05. The number of nitrogens with one attached hydrogen (secondary N) is 2. The number of hydrogen-bond acceptors (Lipinski definition) is 5. The van der Waals surface area contributed by atoms with E-state index in [4.69, 9.17) is 37.8 Å². The van der Waals surface area contributed by atoms with E-state index in [1.165, 1.54) is 65.3 Å². The van der Waals surface area contributed by atoms with Crippen LogP contribution >= 0.6 is 23.2 Å². The van der Waals surface area contributed by atoms with Gasteiger partial charge in [0.2, 0.25) is 0 Å². The van der Waals surface area contributed by atoms with Crippen molar-refractivity contribution in [3.8, 4) is 0 Å². The van der Waals surface area contributed by atoms with Gasteiger partial charge < -0.3 is 32.0 Å². The van der Waals surface area contributed by atoms with Crippen LogP contribution in [0.15, 0.2) is 97.1 Å². The van der Waals surface area contributed by atoms with Crippen molar-refractivity contribution in [3.05, 3.63) is 119 Å². The van der Waals surface area contributed by atoms with E-state index in [2.05, 4.69) is 95.8 Å². The van der Waals surface area contributed by atoms with E-state index < -0.39 is 0 Å². The number of alkyl halides is 2. The van der Waals surface area contributed by atoms with Crippen LogP contribution in [0.4, 0.5) is 0 Å². The number of fused-ring (bicyclic) bond motifs is 4. The number of aliphatic hydroxyl groups is 1. The summed E-state index contributed by atoms with van der Waals surface area (Å²) in [7, 11) is 5.81. The molecule has 0 saturated carbocycles. The van der Waals surface area contributed by atoms with Crippen LogP contribution < -0.4 is 45.5 Å². The van der Waals surface area contributed by atoms with Crippen molar-refractivity contribution in [3.63, 3.8) is 0 Å². The minimum absolute atomic E-state index is 0. The first-order chi connectivity index (χ1) is 24.1. The van der Waals surface area contributed by atoms with Gasteiger partial charge in [-0.1, -0.05) is 112 Å². The Labute approximate surface area is 345 Å². The maximum Gasteiger partial charge on any atom is 1.00 e. The van der Waals surface area contributed by atoms with Crippen LogP contribution in [0.5, 0.6) is 0 Å². The molecule has 278 valence electrons. The zero-order chi connectivity index (χ0) is 34.8. The van der Waals surface area contributed by atoms with E-state index >= 15 is 0 Å². The summed E-state index contributed by atoms with van der Waals surface area (Å²) in [5, 5.41) is 25.9. The summed E-state index contributed by atoms with van der Waals surface area (Å²) in [5.41, 5.74) is 4.91. The van der Waals surface area contributed by atoms with Gasteiger partial charge in [0, 0.05) is 24.8 Å². The van der Waals surface area contributed by atoms with Crippen molar-refractivity contribution < 1.29 is 50.9 Å². The molecule has 5 N–H and O–H groups in total. The van der Waals surface area contributed by atoms with Crippen molar-refractivity contribution in [2.45, 2.75) is 39.8 Å². The molecular weight excluding hydrogens is 700 g/mol. The molecule has 0 unspecified atom stereocenters. The van der Waals surface area contributed by atoms with Crippen molar-refractivity contribution in [1.82, 2.24) is 10.6 Å². The normalized spacial score (nSPS) is 10.4. The van der Waals surface area contributed by atoms with Gasteiger partial charge in [-0.05, 0) is 79.4 Å². The van der Waals surface area contributed by atoms with Crippen molar-refractivity contribution in [1.29, 1.82) is 0 Å². The van der Waals surface area contributed by atoms with Gasteiger partial charge in [-0.3, -0.25) is 0 Å². The second-order valence-corrected chi connectivity index (χ2v) is 12.1. The van der Waals surface area contributed by atoms with Crippen LogP contribution in [-0.2, 0) is 34.4 Å². The first-order valence-electron chi connectivity index (χ1n) is 16.9. The summed E-state index contributed by atoms with van der Waals surface area (Å²) in [6.07, 6.45) is 0. The quantitative estimate of drug-likeness (QED) is 0.0512. The largest absolute Gasteiger partial charge is 1.00 e. The van der Waals surface area contributed by atoms with Gasteiger partial charge in [-0.15, -0.1) is 23.2 Å². The molecule has 0 aliphatic heterocycles. The van der Waals surface area contributed by atoms with E-state index in [-0.39, 0.29) is 52.4 Å². The fourth-order valence-corrected chi connectivity index (χ4v) is 6.63. The molecule has 0 aliphatic carbocycles. The molecule has 6 aromatic carbocycles. The van der Waals surface area contributed by atoms with Crippen LogP contribution in [-0.4, -0.2) is 65.7 Å². The van der Waals surface area contributed by atoms with Crippen LogP contribution in [0.2, 0.25) is 0 Å². The molecule has 6 aromatic rings. The van der Waals surface area contributed by atoms with Gasteiger partial charge in [-0.25, -0.2) is 0 Å². The van der Waals surface area contributed by atoms with E-state index in [0.29, 0.717) is 38.1 Å². The van der Waals surface area contributed by atoms with E-state index in [9.17, 15) is 0 Å². The summed E-state index contributed by atoms with van der Waals surface area (Å²) in [6, 6.07) is 33.9. The molecule has 0 heterocycles. The van der Waals surface area contributed by atoms with Gasteiger partial charge in [0.1, 0.15) is 0 Å². The standard InChI is InChI=1S/C22H28N2O2.C16H12Cl2.C3H9NO.2CH4.Na.H/c1-23-11-13-25-15-21-17-7-3-5-9-19(17)22(16-26-14-12-24-2)20-10-6-4-8-18(20)21;17-9-15-11-5-1-2-6-12(11)16(10-18)14-8-4-3-7-13(14)15;1-4-2-3-5;;;;/h3-10,23-24H,11-16H2,1-2H3;1-8H,9-10H2;4-5H,2-3H2,1H3;2*1H4;;/q;;;;;+1;-1/p+1. The van der Waals surface area contributed by atoms with Crippen molar-refractivity contribution >= 4 is 66.3 Å². The molecule has 0 aliphatic rings. The van der Waals surface area contributed by atoms with Crippen LogP contribution in [0.1, 0.15) is 38.5 Å². The monoisotopic (exact) mass is 758 g/mol. The van der Waals surface area contributed by atoms with E-state index in [0.717, 1.165) is 19.7 Å². The van der Waals surface area contributed by atoms with Gasteiger partial charge in [0.15, 0.2) is 0 Å². The second kappa shape index (κ2) is 26.5. The third kappa shape index (κ3) is 12.4. The van der Waals surface area contributed by atoms with Crippen LogP contribution in [0.25, 0.3) is 43.1 Å². The Morgan fingerprint density at radius 2 is 0.865 bits per heavy atom. The Hall–Kier alpha value is -2.30. The maximum absolute atomic E-state index is 8.00. The molecule has 0 spiro atoms. The van der Waals surface area contributed by atoms with E-state index in [1.54, 1.807) is 7.05 Å². The molecule has 52 heavy (non-hydrogen) atoms. The SMILES string of the molecule is C.C.CNCCO.CNCCOCc1c2ccccc2c(COCC[NH2+]C)c2ccccc12.ClCc1c2ccccc2c(CCl)c2ccccc12.[H-].[Na+]. The predicted octanol–water partition coefficient (Wildman–Crippen LogP) is 5.50. The topological polar surface area (TPSA) is 79.4 Å². The maximum atomic E-state index is 8.00. The van der Waals surface area contributed by atoms with Crippen LogP contribution in [0, 0.1) is 0 Å². The van der Waals surface area contributed by atoms with Gasteiger partial charge in [0.05, 0.1) is 46.6 Å². The van der Waals surface area contributed by atoms with Crippen molar-refractivity contribution in [2.24, 2.45) is 0 Å². The average Bonchev–Trinajstić information content (AvgIpc) is 3.15. The fraction of sp³-hybridized carbons (Fsp3) is 0.349. The summed E-state index contributed by atoms with van der Waals surface area (Å²) >= 11 is 12.3. The van der Waals surface area contributed by atoms with E-state index in [1.807, 2.05) is 31.3 Å². The molecule has 0 bridgehead atoms. The second-order valence-electron chi connectivity index (χ2n) is 11.6. The summed E-state index contributed by atoms with van der Waals surface area (Å²) in [4.78, 5) is 0. The number of rotatable bonds is 14. The Morgan fingerprint density at radius 3 is 1.12 bits per heavy atom. The summed E-state index contributed by atoms with van der Waals surface area (Å²) < 4.78 is 11.9. The van der Waals surface area contributed by atoms with Gasteiger partial charge in [-0.2, -0.15) is 0 Å². The summed E-state index contributed by atoms with van der Waals surface area (Å²) in [6.45, 7) is 5.48. The van der Waals surface area contributed by atoms with Crippen molar-refractivity contribution in [2.75, 3.05) is 60.6 Å². The number of benzene rings is 6. The number of ether oxygens (including phenoxy) is 2. The number of halogens is 2. The molecule has 6 nitrogen and oxygen atoms in total. The Balaban J connectivity index is 0.000000880. The molecule has 0 aromatic heterocycles. The zero-order valence-corrected chi connectivity index (χ0v) is 33.4. The Morgan fingerprint density at radius 1 is 0.558 bits per heavy atom.